The van der Waals surface area contributed by atoms with Crippen molar-refractivity contribution >= 4 is 35.0 Å². The van der Waals surface area contributed by atoms with E-state index in [1.807, 2.05) is 23.7 Å². The van der Waals surface area contributed by atoms with Crippen molar-refractivity contribution in [2.45, 2.75) is 11.6 Å². The second kappa shape index (κ2) is 6.41. The van der Waals surface area contributed by atoms with Gasteiger partial charge in [0, 0.05) is 24.9 Å². The van der Waals surface area contributed by atoms with Crippen LogP contribution in [-0.4, -0.2) is 31.4 Å². The van der Waals surface area contributed by atoms with Crippen molar-refractivity contribution in [1.82, 2.24) is 19.7 Å². The number of alkyl halides is 1. The van der Waals surface area contributed by atoms with Crippen molar-refractivity contribution in [2.75, 3.05) is 11.6 Å². The van der Waals surface area contributed by atoms with Crippen molar-refractivity contribution in [1.29, 1.82) is 0 Å². The van der Waals surface area contributed by atoms with Gasteiger partial charge in [-0.25, -0.2) is 4.98 Å². The van der Waals surface area contributed by atoms with Crippen LogP contribution in [0.25, 0.3) is 11.4 Å². The molecule has 2 heterocycles. The zero-order valence-electron chi connectivity index (χ0n) is 9.81. The second-order valence-electron chi connectivity index (χ2n) is 3.60. The molecule has 0 N–H and O–H groups in total. The van der Waals surface area contributed by atoms with E-state index in [9.17, 15) is 0 Å². The van der Waals surface area contributed by atoms with Crippen LogP contribution in [0.1, 0.15) is 6.42 Å². The Hall–Kier alpha value is -0.780. The lowest BCUT2D eigenvalue weighted by atomic mass is 10.3. The molecule has 96 valence electrons. The van der Waals surface area contributed by atoms with E-state index >= 15 is 0 Å². The van der Waals surface area contributed by atoms with Gasteiger partial charge in [0.25, 0.3) is 0 Å². The zero-order chi connectivity index (χ0) is 13.0. The second-order valence-corrected chi connectivity index (χ2v) is 5.40. The molecular formula is C11H12Cl2N4S. The van der Waals surface area contributed by atoms with Crippen LogP contribution >= 0.6 is 35.0 Å². The molecule has 0 aliphatic carbocycles. The van der Waals surface area contributed by atoms with E-state index in [1.165, 1.54) is 0 Å². The minimum Gasteiger partial charge on any atom is -0.305 e. The molecule has 18 heavy (non-hydrogen) atoms. The summed E-state index contributed by atoms with van der Waals surface area (Å²) in [5.74, 6) is 2.31. The first-order valence-corrected chi connectivity index (χ1v) is 7.33. The van der Waals surface area contributed by atoms with Gasteiger partial charge in [-0.3, -0.25) is 0 Å². The van der Waals surface area contributed by atoms with E-state index in [1.54, 1.807) is 18.0 Å². The number of hydrogen-bond acceptors (Lipinski definition) is 4. The smallest absolute Gasteiger partial charge is 0.191 e. The van der Waals surface area contributed by atoms with Gasteiger partial charge in [0.1, 0.15) is 5.15 Å². The van der Waals surface area contributed by atoms with E-state index in [2.05, 4.69) is 15.2 Å². The Balaban J connectivity index is 2.23. The molecule has 7 heteroatoms. The normalized spacial score (nSPS) is 10.8. The molecule has 0 unspecified atom stereocenters. The predicted molar refractivity (Wildman–Crippen MR) is 75.3 cm³/mol. The topological polar surface area (TPSA) is 43.6 Å². The maximum Gasteiger partial charge on any atom is 0.191 e. The number of thioether (sulfide) groups is 1. The molecule has 0 spiro atoms. The number of rotatable bonds is 5. The van der Waals surface area contributed by atoms with Gasteiger partial charge in [0.15, 0.2) is 11.0 Å². The molecule has 4 nitrogen and oxygen atoms in total. The van der Waals surface area contributed by atoms with Gasteiger partial charge in [-0.2, -0.15) is 0 Å². The summed E-state index contributed by atoms with van der Waals surface area (Å²) >= 11 is 13.3. The third-order valence-corrected chi connectivity index (χ3v) is 4.02. The molecule has 0 saturated heterocycles. The summed E-state index contributed by atoms with van der Waals surface area (Å²) < 4.78 is 1.92. The number of pyridine rings is 1. The van der Waals surface area contributed by atoms with Gasteiger partial charge in [-0.15, -0.1) is 21.8 Å². The summed E-state index contributed by atoms with van der Waals surface area (Å²) in [5.41, 5.74) is 0.790. The molecule has 0 atom stereocenters. The molecule has 2 rings (SSSR count). The third-order valence-electron chi connectivity index (χ3n) is 2.34. The number of aromatic nitrogens is 4. The molecule has 0 aliphatic heterocycles. The van der Waals surface area contributed by atoms with Gasteiger partial charge >= 0.3 is 0 Å². The molecule has 0 saturated carbocycles. The molecule has 0 bridgehead atoms. The van der Waals surface area contributed by atoms with Crippen LogP contribution in [0.2, 0.25) is 5.15 Å². The fraction of sp³-hybridized carbons (Fsp3) is 0.364. The van der Waals surface area contributed by atoms with Crippen LogP contribution in [0, 0.1) is 0 Å². The lowest BCUT2D eigenvalue weighted by molar-refractivity contribution is 0.793. The fourth-order valence-electron chi connectivity index (χ4n) is 1.45. The molecule has 0 amide bonds. The molecule has 0 aromatic carbocycles. The van der Waals surface area contributed by atoms with Crippen molar-refractivity contribution in [3.63, 3.8) is 0 Å². The number of halogens is 2. The van der Waals surface area contributed by atoms with E-state index in [0.29, 0.717) is 11.0 Å². The summed E-state index contributed by atoms with van der Waals surface area (Å²) in [5, 5.41) is 9.60. The van der Waals surface area contributed by atoms with Crippen LogP contribution in [0.5, 0.6) is 0 Å². The lowest BCUT2D eigenvalue weighted by Crippen LogP contribution is -1.96. The van der Waals surface area contributed by atoms with Gasteiger partial charge in [-0.05, 0) is 18.6 Å². The maximum absolute atomic E-state index is 6.05. The van der Waals surface area contributed by atoms with Crippen molar-refractivity contribution in [3.8, 4) is 11.4 Å². The summed E-state index contributed by atoms with van der Waals surface area (Å²) in [6.45, 7) is 0. The first kappa shape index (κ1) is 13.6. The van der Waals surface area contributed by atoms with E-state index in [-0.39, 0.29) is 0 Å². The Morgan fingerprint density at radius 1 is 1.39 bits per heavy atom. The fourth-order valence-corrected chi connectivity index (χ4v) is 2.79. The highest BCUT2D eigenvalue weighted by Gasteiger charge is 2.13. The molecule has 0 fully saturated rings. The third kappa shape index (κ3) is 2.96. The molecule has 0 radical (unpaired) electrons. The molecule has 0 aliphatic rings. The summed E-state index contributed by atoms with van der Waals surface area (Å²) in [7, 11) is 1.92. The van der Waals surface area contributed by atoms with Gasteiger partial charge in [0.2, 0.25) is 0 Å². The van der Waals surface area contributed by atoms with Crippen LogP contribution in [0.3, 0.4) is 0 Å². The Morgan fingerprint density at radius 2 is 2.22 bits per heavy atom. The first-order chi connectivity index (χ1) is 8.74. The number of nitrogens with zero attached hydrogens (tertiary/aromatic N) is 4. The van der Waals surface area contributed by atoms with Crippen LogP contribution in [-0.2, 0) is 7.05 Å². The van der Waals surface area contributed by atoms with E-state index in [0.717, 1.165) is 28.7 Å². The van der Waals surface area contributed by atoms with Crippen LogP contribution < -0.4 is 0 Å². The summed E-state index contributed by atoms with van der Waals surface area (Å²) in [6.07, 6.45) is 2.60. The SMILES string of the molecule is Cn1c(SCCCCl)nnc1-c1cccnc1Cl. The van der Waals surface area contributed by atoms with E-state index in [4.69, 9.17) is 23.2 Å². The van der Waals surface area contributed by atoms with Crippen LogP contribution in [0.15, 0.2) is 23.5 Å². The van der Waals surface area contributed by atoms with E-state index < -0.39 is 0 Å². The predicted octanol–water partition coefficient (Wildman–Crippen LogP) is 3.25. The zero-order valence-corrected chi connectivity index (χ0v) is 12.1. The minimum atomic E-state index is 0.435. The molecule has 2 aromatic heterocycles. The Labute approximate surface area is 120 Å². The van der Waals surface area contributed by atoms with Crippen molar-refractivity contribution in [3.05, 3.63) is 23.5 Å². The first-order valence-electron chi connectivity index (χ1n) is 5.43. The monoisotopic (exact) mass is 302 g/mol. The summed E-state index contributed by atoms with van der Waals surface area (Å²) in [4.78, 5) is 4.04. The standard InChI is InChI=1S/C11H12Cl2N4S/c1-17-10(8-4-2-6-14-9(8)13)15-16-11(17)18-7-3-5-12/h2,4,6H,3,5,7H2,1H3. The van der Waals surface area contributed by atoms with Gasteiger partial charge in [-0.1, -0.05) is 23.4 Å². The molecular weight excluding hydrogens is 291 g/mol. The minimum absolute atomic E-state index is 0.435. The van der Waals surface area contributed by atoms with Gasteiger partial charge in [0.05, 0.1) is 5.56 Å². The quantitative estimate of drug-likeness (QED) is 0.368. The maximum atomic E-state index is 6.05. The highest BCUT2D eigenvalue weighted by molar-refractivity contribution is 7.99. The Morgan fingerprint density at radius 3 is 2.94 bits per heavy atom. The van der Waals surface area contributed by atoms with Crippen LogP contribution in [0.4, 0.5) is 0 Å². The molecule has 2 aromatic rings. The van der Waals surface area contributed by atoms with Gasteiger partial charge < -0.3 is 4.57 Å². The van der Waals surface area contributed by atoms with Crippen molar-refractivity contribution in [2.24, 2.45) is 7.05 Å². The lowest BCUT2D eigenvalue weighted by Gasteiger charge is -2.04. The van der Waals surface area contributed by atoms with Crippen molar-refractivity contribution < 1.29 is 0 Å². The summed E-state index contributed by atoms with van der Waals surface area (Å²) in [6, 6.07) is 3.71. The number of hydrogen-bond donors (Lipinski definition) is 0. The Bertz CT molecular complexity index is 530. The largest absolute Gasteiger partial charge is 0.305 e. The average Bonchev–Trinajstić information content (AvgIpc) is 2.72. The highest BCUT2D eigenvalue weighted by Crippen LogP contribution is 2.26. The Kier molecular flexibility index (Phi) is 4.86. The highest BCUT2D eigenvalue weighted by atomic mass is 35.5. The average molecular weight is 303 g/mol.